The summed E-state index contributed by atoms with van der Waals surface area (Å²) in [4.78, 5) is 27.4. The number of benzene rings is 2. The van der Waals surface area contributed by atoms with Crippen molar-refractivity contribution in [2.24, 2.45) is 0 Å². The highest BCUT2D eigenvalue weighted by atomic mass is 16.5. The lowest BCUT2D eigenvalue weighted by Gasteiger charge is -2.31. The third kappa shape index (κ3) is 6.90. The SMILES string of the molecule is CCNC(=O)[C@@H](CC)N(Cc1ccccc1C)C(=O)CCCOc1ccc(C)cc1. The lowest BCUT2D eigenvalue weighted by atomic mass is 10.1. The van der Waals surface area contributed by atoms with Crippen molar-refractivity contribution in [1.82, 2.24) is 10.2 Å². The highest BCUT2D eigenvalue weighted by Gasteiger charge is 2.28. The van der Waals surface area contributed by atoms with Gasteiger partial charge in [-0.05, 0) is 56.9 Å². The number of likely N-dealkylation sites (N-methyl/N-ethyl adjacent to an activating group) is 1. The van der Waals surface area contributed by atoms with Crippen molar-refractivity contribution in [2.75, 3.05) is 13.2 Å². The van der Waals surface area contributed by atoms with E-state index in [2.05, 4.69) is 5.32 Å². The van der Waals surface area contributed by atoms with E-state index in [1.165, 1.54) is 5.56 Å². The molecule has 0 aliphatic carbocycles. The number of hydrogen-bond donors (Lipinski definition) is 1. The Kier molecular flexibility index (Phi) is 9.39. The van der Waals surface area contributed by atoms with Gasteiger partial charge < -0.3 is 15.0 Å². The van der Waals surface area contributed by atoms with Crippen molar-refractivity contribution in [2.45, 2.75) is 59.5 Å². The molecule has 5 nitrogen and oxygen atoms in total. The summed E-state index contributed by atoms with van der Waals surface area (Å²) in [6, 6.07) is 15.4. The molecule has 0 bridgehead atoms. The minimum atomic E-state index is -0.477. The van der Waals surface area contributed by atoms with Crippen LogP contribution in [0.4, 0.5) is 0 Å². The predicted molar refractivity (Wildman–Crippen MR) is 120 cm³/mol. The molecule has 30 heavy (non-hydrogen) atoms. The molecule has 0 saturated heterocycles. The number of nitrogens with one attached hydrogen (secondary N) is 1. The lowest BCUT2D eigenvalue weighted by Crippen LogP contribution is -2.49. The highest BCUT2D eigenvalue weighted by molar-refractivity contribution is 5.87. The Labute approximate surface area is 180 Å². The lowest BCUT2D eigenvalue weighted by molar-refractivity contribution is -0.141. The zero-order chi connectivity index (χ0) is 21.9. The van der Waals surface area contributed by atoms with E-state index in [4.69, 9.17) is 4.74 Å². The van der Waals surface area contributed by atoms with Crippen molar-refractivity contribution in [3.63, 3.8) is 0 Å². The topological polar surface area (TPSA) is 58.6 Å². The normalized spacial score (nSPS) is 11.6. The monoisotopic (exact) mass is 410 g/mol. The van der Waals surface area contributed by atoms with Gasteiger partial charge in [0.05, 0.1) is 6.61 Å². The molecule has 0 radical (unpaired) electrons. The summed E-state index contributed by atoms with van der Waals surface area (Å²) < 4.78 is 5.75. The van der Waals surface area contributed by atoms with Gasteiger partial charge in [0.15, 0.2) is 0 Å². The fourth-order valence-electron chi connectivity index (χ4n) is 3.37. The van der Waals surface area contributed by atoms with Gasteiger partial charge >= 0.3 is 0 Å². The van der Waals surface area contributed by atoms with E-state index in [-0.39, 0.29) is 11.8 Å². The summed E-state index contributed by atoms with van der Waals surface area (Å²) in [5, 5.41) is 2.87. The van der Waals surface area contributed by atoms with Gasteiger partial charge in [0.1, 0.15) is 11.8 Å². The molecule has 2 amide bonds. The molecule has 0 unspecified atom stereocenters. The van der Waals surface area contributed by atoms with Gasteiger partial charge in [-0.1, -0.05) is 48.9 Å². The average Bonchev–Trinajstić information content (AvgIpc) is 2.73. The van der Waals surface area contributed by atoms with Crippen LogP contribution in [0, 0.1) is 13.8 Å². The van der Waals surface area contributed by atoms with Crippen LogP contribution >= 0.6 is 0 Å². The molecule has 2 aromatic carbocycles. The smallest absolute Gasteiger partial charge is 0.242 e. The van der Waals surface area contributed by atoms with Gasteiger partial charge in [-0.3, -0.25) is 9.59 Å². The highest BCUT2D eigenvalue weighted by Crippen LogP contribution is 2.17. The Morgan fingerprint density at radius 3 is 2.37 bits per heavy atom. The van der Waals surface area contributed by atoms with Crippen molar-refractivity contribution >= 4 is 11.8 Å². The quantitative estimate of drug-likeness (QED) is 0.559. The first kappa shape index (κ1) is 23.5. The van der Waals surface area contributed by atoms with E-state index in [9.17, 15) is 9.59 Å². The Balaban J connectivity index is 2.04. The Bertz CT molecular complexity index is 817. The first-order valence-electron chi connectivity index (χ1n) is 10.8. The van der Waals surface area contributed by atoms with Crippen LogP contribution in [0.5, 0.6) is 5.75 Å². The molecule has 1 N–H and O–H groups in total. The minimum Gasteiger partial charge on any atom is -0.494 e. The zero-order valence-corrected chi connectivity index (χ0v) is 18.6. The molecule has 0 aliphatic heterocycles. The molecule has 0 saturated carbocycles. The van der Waals surface area contributed by atoms with E-state index in [0.717, 1.165) is 16.9 Å². The number of nitrogens with zero attached hydrogens (tertiary/aromatic N) is 1. The maximum Gasteiger partial charge on any atom is 0.242 e. The first-order chi connectivity index (χ1) is 14.5. The van der Waals surface area contributed by atoms with Gasteiger partial charge in [-0.15, -0.1) is 0 Å². The second kappa shape index (κ2) is 12.0. The van der Waals surface area contributed by atoms with Crippen molar-refractivity contribution in [3.05, 3.63) is 65.2 Å². The van der Waals surface area contributed by atoms with Gasteiger partial charge in [-0.2, -0.15) is 0 Å². The Morgan fingerprint density at radius 2 is 1.73 bits per heavy atom. The number of hydrogen-bond acceptors (Lipinski definition) is 3. The molecular weight excluding hydrogens is 376 g/mol. The van der Waals surface area contributed by atoms with Crippen molar-refractivity contribution in [3.8, 4) is 5.75 Å². The number of ether oxygens (including phenoxy) is 1. The van der Waals surface area contributed by atoms with E-state index < -0.39 is 6.04 Å². The van der Waals surface area contributed by atoms with Crippen LogP contribution in [-0.2, 0) is 16.1 Å². The largest absolute Gasteiger partial charge is 0.494 e. The zero-order valence-electron chi connectivity index (χ0n) is 18.6. The van der Waals surface area contributed by atoms with Gasteiger partial charge in [0.25, 0.3) is 0 Å². The number of aryl methyl sites for hydroxylation is 2. The molecule has 5 heteroatoms. The first-order valence-corrected chi connectivity index (χ1v) is 10.8. The predicted octanol–water partition coefficient (Wildman–Crippen LogP) is 4.41. The molecule has 2 aromatic rings. The van der Waals surface area contributed by atoms with Crippen LogP contribution in [0.3, 0.4) is 0 Å². The molecule has 0 heterocycles. The van der Waals surface area contributed by atoms with E-state index in [0.29, 0.717) is 39.0 Å². The standard InChI is InChI=1S/C25H34N2O3/c1-5-23(25(29)26-6-2)27(18-21-11-8-7-10-20(21)4)24(28)12-9-17-30-22-15-13-19(3)14-16-22/h7-8,10-11,13-16,23H,5-6,9,12,17-18H2,1-4H3,(H,26,29)/t23-/m1/s1. The maximum absolute atomic E-state index is 13.1. The van der Waals surface area contributed by atoms with Crippen LogP contribution in [0.1, 0.15) is 49.8 Å². The molecule has 162 valence electrons. The fraction of sp³-hybridized carbons (Fsp3) is 0.440. The maximum atomic E-state index is 13.1. The molecule has 0 fully saturated rings. The Hall–Kier alpha value is -2.82. The van der Waals surface area contributed by atoms with Crippen LogP contribution in [-0.4, -0.2) is 35.9 Å². The molecular formula is C25H34N2O3. The molecule has 0 aliphatic rings. The summed E-state index contributed by atoms with van der Waals surface area (Å²) in [5.41, 5.74) is 3.36. The molecule has 0 spiro atoms. The number of amides is 2. The second-order valence-electron chi connectivity index (χ2n) is 7.53. The number of carbonyl (C=O) groups is 2. The summed E-state index contributed by atoms with van der Waals surface area (Å²) in [6.45, 7) is 9.33. The average molecular weight is 411 g/mol. The molecule has 1 atom stereocenters. The van der Waals surface area contributed by atoms with E-state index in [1.807, 2.05) is 76.2 Å². The van der Waals surface area contributed by atoms with Gasteiger partial charge in [0.2, 0.25) is 11.8 Å². The van der Waals surface area contributed by atoms with Crippen LogP contribution < -0.4 is 10.1 Å². The number of rotatable bonds is 11. The van der Waals surface area contributed by atoms with Crippen LogP contribution in [0.2, 0.25) is 0 Å². The van der Waals surface area contributed by atoms with Crippen molar-refractivity contribution in [1.29, 1.82) is 0 Å². The summed E-state index contributed by atoms with van der Waals surface area (Å²) in [5.74, 6) is 0.681. The van der Waals surface area contributed by atoms with Crippen molar-refractivity contribution < 1.29 is 14.3 Å². The minimum absolute atomic E-state index is 0.0242. The van der Waals surface area contributed by atoms with Crippen LogP contribution in [0.15, 0.2) is 48.5 Å². The van der Waals surface area contributed by atoms with Crippen LogP contribution in [0.25, 0.3) is 0 Å². The third-order valence-electron chi connectivity index (χ3n) is 5.16. The summed E-state index contributed by atoms with van der Waals surface area (Å²) in [7, 11) is 0. The fourth-order valence-corrected chi connectivity index (χ4v) is 3.37. The third-order valence-corrected chi connectivity index (χ3v) is 5.16. The van der Waals surface area contributed by atoms with Gasteiger partial charge in [-0.25, -0.2) is 0 Å². The molecule has 2 rings (SSSR count). The Morgan fingerprint density at radius 1 is 1.03 bits per heavy atom. The summed E-state index contributed by atoms with van der Waals surface area (Å²) >= 11 is 0. The second-order valence-corrected chi connectivity index (χ2v) is 7.53. The van der Waals surface area contributed by atoms with E-state index in [1.54, 1.807) is 4.90 Å². The molecule has 0 aromatic heterocycles. The summed E-state index contributed by atoms with van der Waals surface area (Å²) in [6.07, 6.45) is 1.51. The van der Waals surface area contributed by atoms with Gasteiger partial charge in [0, 0.05) is 19.5 Å². The number of carbonyl (C=O) groups excluding carboxylic acids is 2. The van der Waals surface area contributed by atoms with E-state index >= 15 is 0 Å².